The number of anilines is 2. The number of pyridine rings is 1. The van der Waals surface area contributed by atoms with E-state index in [2.05, 4.69) is 48.7 Å². The summed E-state index contributed by atoms with van der Waals surface area (Å²) in [5.41, 5.74) is 10.1. The van der Waals surface area contributed by atoms with Crippen molar-refractivity contribution in [2.45, 2.75) is 103 Å². The Morgan fingerprint density at radius 1 is 1.22 bits per heavy atom. The van der Waals surface area contributed by atoms with Crippen LogP contribution in [0.15, 0.2) is 6.20 Å². The summed E-state index contributed by atoms with van der Waals surface area (Å²) in [6, 6.07) is -0.196. The lowest BCUT2D eigenvalue weighted by Crippen LogP contribution is -2.61. The molecule has 2 aliphatic rings. The zero-order chi connectivity index (χ0) is 23.9. The fourth-order valence-corrected chi connectivity index (χ4v) is 4.81. The Morgan fingerprint density at radius 2 is 1.91 bits per heavy atom. The van der Waals surface area contributed by atoms with Gasteiger partial charge in [0.25, 0.3) is 0 Å². The van der Waals surface area contributed by atoms with Crippen LogP contribution < -0.4 is 16.0 Å². The van der Waals surface area contributed by atoms with E-state index in [1.807, 2.05) is 20.8 Å². The van der Waals surface area contributed by atoms with Crippen molar-refractivity contribution in [3.05, 3.63) is 17.5 Å². The second kappa shape index (κ2) is 8.86. The molecule has 1 aliphatic heterocycles. The first-order valence-corrected chi connectivity index (χ1v) is 15.4. The highest BCUT2D eigenvalue weighted by Crippen LogP contribution is 2.37. The standard InChI is InChI=1S/C24H42N4O3Si/c1-23(2,3)31-22(29)27-19-15-28(13-12-20(19)30-24(4,5)32(6,7)8)21-16-10-9-11-18(16)26-14-17(21)25/h14,19-20H,9-13,15,25H2,1-8H3,(H,27,29). The summed E-state index contributed by atoms with van der Waals surface area (Å²) in [4.78, 5) is 19.6. The van der Waals surface area contributed by atoms with Crippen LogP contribution in [0, 0.1) is 0 Å². The number of nitrogen functional groups attached to an aromatic ring is 1. The SMILES string of the molecule is CC(C)(C)OC(=O)NC1CN(c2c(N)cnc3c2CCC3)CCC1OC(C)(C)[Si](C)(C)C. The lowest BCUT2D eigenvalue weighted by atomic mass is 9.99. The lowest BCUT2D eigenvalue weighted by molar-refractivity contribution is -0.0536. The van der Waals surface area contributed by atoms with Gasteiger partial charge >= 0.3 is 6.09 Å². The van der Waals surface area contributed by atoms with Gasteiger partial charge in [-0.15, -0.1) is 0 Å². The van der Waals surface area contributed by atoms with Gasteiger partial charge in [0.2, 0.25) is 0 Å². The van der Waals surface area contributed by atoms with Crippen molar-refractivity contribution in [2.75, 3.05) is 23.7 Å². The second-order valence-electron chi connectivity index (χ2n) is 11.7. The zero-order valence-electron chi connectivity index (χ0n) is 21.2. The molecular formula is C24H42N4O3Si. The van der Waals surface area contributed by atoms with Gasteiger partial charge in [0.15, 0.2) is 0 Å². The number of aryl methyl sites for hydroxylation is 1. The minimum Gasteiger partial charge on any atom is -0.444 e. The van der Waals surface area contributed by atoms with Gasteiger partial charge in [0.05, 0.1) is 43.0 Å². The van der Waals surface area contributed by atoms with Crippen LogP contribution in [0.5, 0.6) is 0 Å². The molecule has 2 unspecified atom stereocenters. The fraction of sp³-hybridized carbons (Fsp3) is 0.750. The molecule has 3 N–H and O–H groups in total. The molecule has 0 spiro atoms. The predicted molar refractivity (Wildman–Crippen MR) is 133 cm³/mol. The van der Waals surface area contributed by atoms with Crippen LogP contribution >= 0.6 is 0 Å². The molecule has 1 amide bonds. The summed E-state index contributed by atoms with van der Waals surface area (Å²) in [7, 11) is -1.59. The van der Waals surface area contributed by atoms with Crippen LogP contribution in [-0.2, 0) is 22.3 Å². The van der Waals surface area contributed by atoms with Crippen molar-refractivity contribution in [3.8, 4) is 0 Å². The number of aromatic nitrogens is 1. The minimum atomic E-state index is -1.59. The van der Waals surface area contributed by atoms with E-state index in [1.54, 1.807) is 6.20 Å². The molecule has 2 heterocycles. The van der Waals surface area contributed by atoms with Crippen molar-refractivity contribution >= 4 is 25.5 Å². The number of nitrogens with two attached hydrogens (primary N) is 1. The number of hydrogen-bond donors (Lipinski definition) is 2. The monoisotopic (exact) mass is 462 g/mol. The predicted octanol–water partition coefficient (Wildman–Crippen LogP) is 4.30. The van der Waals surface area contributed by atoms with E-state index >= 15 is 0 Å². The van der Waals surface area contributed by atoms with Crippen molar-refractivity contribution < 1.29 is 14.3 Å². The van der Waals surface area contributed by atoms with E-state index in [0.29, 0.717) is 12.2 Å². The fourth-order valence-electron chi connectivity index (χ4n) is 4.31. The molecule has 1 fully saturated rings. The van der Waals surface area contributed by atoms with E-state index in [4.69, 9.17) is 15.2 Å². The molecule has 2 atom stereocenters. The molecule has 1 aromatic heterocycles. The molecule has 32 heavy (non-hydrogen) atoms. The third kappa shape index (κ3) is 5.57. The van der Waals surface area contributed by atoms with Crippen LogP contribution in [0.1, 0.15) is 58.7 Å². The quantitative estimate of drug-likeness (QED) is 0.634. The normalized spacial score (nSPS) is 21.9. The molecule has 0 aromatic carbocycles. The molecule has 7 nitrogen and oxygen atoms in total. The van der Waals surface area contributed by atoms with Crippen molar-refractivity contribution in [3.63, 3.8) is 0 Å². The number of rotatable bonds is 5. The Hall–Kier alpha value is -1.80. The van der Waals surface area contributed by atoms with Gasteiger partial charge in [-0.1, -0.05) is 19.6 Å². The summed E-state index contributed by atoms with van der Waals surface area (Å²) in [6.07, 6.45) is 5.23. The van der Waals surface area contributed by atoms with Crippen molar-refractivity contribution in [2.24, 2.45) is 0 Å². The molecular weight excluding hydrogens is 420 g/mol. The van der Waals surface area contributed by atoms with Crippen LogP contribution in [0.4, 0.5) is 16.2 Å². The highest BCUT2D eigenvalue weighted by molar-refractivity contribution is 6.78. The second-order valence-corrected chi connectivity index (χ2v) is 17.4. The van der Waals surface area contributed by atoms with Crippen LogP contribution in [0.2, 0.25) is 19.6 Å². The third-order valence-electron chi connectivity index (χ3n) is 6.93. The first kappa shape index (κ1) is 24.8. The van der Waals surface area contributed by atoms with Crippen LogP contribution in [0.3, 0.4) is 0 Å². The van der Waals surface area contributed by atoms with Gasteiger partial charge in [-0.2, -0.15) is 0 Å². The Kier molecular flexibility index (Phi) is 6.87. The molecule has 0 bridgehead atoms. The summed E-state index contributed by atoms with van der Waals surface area (Å²) in [5.74, 6) is 0. The Balaban J connectivity index is 1.85. The Labute approximate surface area is 194 Å². The number of fused-ring (bicyclic) bond motifs is 1. The molecule has 1 aromatic rings. The van der Waals surface area contributed by atoms with Gasteiger partial charge in [-0.3, -0.25) is 4.98 Å². The van der Waals surface area contributed by atoms with Crippen molar-refractivity contribution in [1.82, 2.24) is 10.3 Å². The average Bonchev–Trinajstić information content (AvgIpc) is 3.09. The number of piperidine rings is 1. The number of carbonyl (C=O) groups excluding carboxylic acids is 1. The smallest absolute Gasteiger partial charge is 0.408 e. The number of nitrogens with one attached hydrogen (secondary N) is 1. The van der Waals surface area contributed by atoms with Crippen LogP contribution in [0.25, 0.3) is 0 Å². The first-order chi connectivity index (χ1) is 14.7. The van der Waals surface area contributed by atoms with E-state index in [1.165, 1.54) is 5.56 Å². The lowest BCUT2D eigenvalue weighted by Gasteiger charge is -2.46. The largest absolute Gasteiger partial charge is 0.444 e. The van der Waals surface area contributed by atoms with Crippen molar-refractivity contribution in [1.29, 1.82) is 0 Å². The maximum atomic E-state index is 12.7. The van der Waals surface area contributed by atoms with E-state index in [-0.39, 0.29) is 17.4 Å². The molecule has 0 radical (unpaired) electrons. The third-order valence-corrected chi connectivity index (χ3v) is 10.7. The highest BCUT2D eigenvalue weighted by Gasteiger charge is 2.42. The molecule has 1 aliphatic carbocycles. The van der Waals surface area contributed by atoms with E-state index in [9.17, 15) is 4.79 Å². The topological polar surface area (TPSA) is 89.7 Å². The Morgan fingerprint density at radius 3 is 2.53 bits per heavy atom. The number of ether oxygens (including phenoxy) is 2. The maximum absolute atomic E-state index is 12.7. The van der Waals surface area contributed by atoms with Gasteiger partial charge < -0.3 is 25.4 Å². The zero-order valence-corrected chi connectivity index (χ0v) is 22.2. The van der Waals surface area contributed by atoms with Crippen LogP contribution in [-0.4, -0.2) is 55.2 Å². The summed E-state index contributed by atoms with van der Waals surface area (Å²) in [5, 5.41) is 2.90. The van der Waals surface area contributed by atoms with E-state index < -0.39 is 19.8 Å². The van der Waals surface area contributed by atoms with Gasteiger partial charge in [-0.05, 0) is 65.9 Å². The molecule has 180 valence electrons. The number of hydrogen-bond acceptors (Lipinski definition) is 6. The maximum Gasteiger partial charge on any atom is 0.408 e. The summed E-state index contributed by atoms with van der Waals surface area (Å²) >= 11 is 0. The number of alkyl carbamates (subject to hydrolysis) is 1. The number of nitrogens with zero attached hydrogens (tertiary/aromatic N) is 2. The molecule has 8 heteroatoms. The van der Waals surface area contributed by atoms with Gasteiger partial charge in [-0.25, -0.2) is 4.79 Å². The van der Waals surface area contributed by atoms with Gasteiger partial charge in [0, 0.05) is 18.8 Å². The first-order valence-electron chi connectivity index (χ1n) is 11.9. The van der Waals surface area contributed by atoms with E-state index in [0.717, 1.165) is 43.6 Å². The number of carbonyl (C=O) groups is 1. The highest BCUT2D eigenvalue weighted by atomic mass is 28.3. The summed E-state index contributed by atoms with van der Waals surface area (Å²) < 4.78 is 12.3. The number of amides is 1. The Bertz CT molecular complexity index is 845. The molecule has 1 saturated heterocycles. The minimum absolute atomic E-state index is 0.0865. The average molecular weight is 463 g/mol. The molecule has 0 saturated carbocycles. The molecule has 3 rings (SSSR count). The summed E-state index contributed by atoms with van der Waals surface area (Å²) in [6.45, 7) is 18.4. The van der Waals surface area contributed by atoms with Gasteiger partial charge in [0.1, 0.15) is 5.60 Å².